The Bertz CT molecular complexity index is 416. The smallest absolute Gasteiger partial charge is 0.191 e. The third-order valence-electron chi connectivity index (χ3n) is 1.47. The van der Waals surface area contributed by atoms with Crippen molar-refractivity contribution in [2.24, 2.45) is 0 Å². The molecule has 1 rings (SSSR count). The summed E-state index contributed by atoms with van der Waals surface area (Å²) in [6, 6.07) is 0. The second-order valence-corrected chi connectivity index (χ2v) is 4.76. The summed E-state index contributed by atoms with van der Waals surface area (Å²) in [7, 11) is 0. The number of hydrogen-bond acceptors (Lipinski definition) is 4. The van der Waals surface area contributed by atoms with E-state index in [4.69, 9.17) is 20.7 Å². The standard InChI is InChI=1S/C6H7ClN2O4S2/c1-3-5(15(12)13)6(7)9-4(8-3)2-14(10)11/h2H2,1H3,(H,10,11)(H,12,13). The highest BCUT2D eigenvalue weighted by Gasteiger charge is 2.15. The van der Waals surface area contributed by atoms with Crippen LogP contribution in [0.4, 0.5) is 0 Å². The molecule has 2 atom stereocenters. The highest BCUT2D eigenvalue weighted by atomic mass is 35.5. The average molecular weight is 271 g/mol. The third-order valence-corrected chi connectivity index (χ3v) is 3.20. The Labute approximate surface area is 95.7 Å². The van der Waals surface area contributed by atoms with Crippen LogP contribution < -0.4 is 0 Å². The molecule has 2 unspecified atom stereocenters. The minimum Gasteiger partial charge on any atom is -0.306 e. The monoisotopic (exact) mass is 270 g/mol. The molecule has 0 bridgehead atoms. The van der Waals surface area contributed by atoms with Crippen molar-refractivity contribution in [3.05, 3.63) is 16.7 Å². The molecule has 15 heavy (non-hydrogen) atoms. The van der Waals surface area contributed by atoms with Gasteiger partial charge in [0, 0.05) is 0 Å². The maximum absolute atomic E-state index is 10.8. The quantitative estimate of drug-likeness (QED) is 0.621. The Balaban J connectivity index is 3.19. The summed E-state index contributed by atoms with van der Waals surface area (Å²) in [5, 5.41) is -0.177. The van der Waals surface area contributed by atoms with E-state index in [2.05, 4.69) is 9.97 Å². The molecule has 0 radical (unpaired) electrons. The van der Waals surface area contributed by atoms with E-state index < -0.39 is 22.2 Å². The van der Waals surface area contributed by atoms with Crippen LogP contribution in [-0.2, 0) is 27.9 Å². The average Bonchev–Trinajstić information content (AvgIpc) is 1.99. The van der Waals surface area contributed by atoms with E-state index in [9.17, 15) is 8.42 Å². The molecule has 1 heterocycles. The van der Waals surface area contributed by atoms with Crippen LogP contribution in [-0.4, -0.2) is 27.5 Å². The lowest BCUT2D eigenvalue weighted by atomic mass is 10.4. The molecule has 0 saturated carbocycles. The molecular weight excluding hydrogens is 264 g/mol. The van der Waals surface area contributed by atoms with Crippen LogP contribution in [0.3, 0.4) is 0 Å². The van der Waals surface area contributed by atoms with Gasteiger partial charge >= 0.3 is 0 Å². The summed E-state index contributed by atoms with van der Waals surface area (Å²) < 4.78 is 38.8. The van der Waals surface area contributed by atoms with E-state index in [1.165, 1.54) is 6.92 Å². The van der Waals surface area contributed by atoms with Gasteiger partial charge in [-0.2, -0.15) is 0 Å². The summed E-state index contributed by atoms with van der Waals surface area (Å²) in [5.41, 5.74) is 0.219. The summed E-state index contributed by atoms with van der Waals surface area (Å²) in [6.07, 6.45) is 0. The third kappa shape index (κ3) is 3.28. The van der Waals surface area contributed by atoms with Crippen LogP contribution in [0, 0.1) is 6.92 Å². The SMILES string of the molecule is Cc1nc(CS(=O)O)nc(Cl)c1S(=O)O. The van der Waals surface area contributed by atoms with Crippen LogP contribution in [0.15, 0.2) is 4.90 Å². The van der Waals surface area contributed by atoms with Gasteiger partial charge in [-0.15, -0.1) is 0 Å². The minimum absolute atomic E-state index is 0.0625. The maximum Gasteiger partial charge on any atom is 0.191 e. The number of rotatable bonds is 3. The van der Waals surface area contributed by atoms with E-state index in [0.29, 0.717) is 0 Å². The zero-order chi connectivity index (χ0) is 11.6. The van der Waals surface area contributed by atoms with Gasteiger partial charge in [0.25, 0.3) is 0 Å². The zero-order valence-corrected chi connectivity index (χ0v) is 9.90. The van der Waals surface area contributed by atoms with Gasteiger partial charge in [-0.1, -0.05) is 11.6 Å². The Kier molecular flexibility index (Phi) is 4.29. The van der Waals surface area contributed by atoms with Crippen LogP contribution in [0.2, 0.25) is 5.15 Å². The number of aromatic nitrogens is 2. The number of aryl methyl sites for hydroxylation is 1. The minimum atomic E-state index is -2.27. The number of halogens is 1. The van der Waals surface area contributed by atoms with Crippen molar-refractivity contribution in [1.29, 1.82) is 0 Å². The molecular formula is C6H7ClN2O4S2. The zero-order valence-electron chi connectivity index (χ0n) is 7.51. The van der Waals surface area contributed by atoms with Gasteiger partial charge in [-0.3, -0.25) is 0 Å². The lowest BCUT2D eigenvalue weighted by molar-refractivity contribution is 0.561. The van der Waals surface area contributed by atoms with Crippen LogP contribution in [0.5, 0.6) is 0 Å². The Morgan fingerprint density at radius 1 is 1.33 bits per heavy atom. The molecule has 0 aliphatic rings. The van der Waals surface area contributed by atoms with Crippen molar-refractivity contribution >= 4 is 33.8 Å². The van der Waals surface area contributed by atoms with E-state index in [0.717, 1.165) is 0 Å². The first-order valence-corrected chi connectivity index (χ1v) is 6.39. The molecule has 2 N–H and O–H groups in total. The van der Waals surface area contributed by atoms with Crippen LogP contribution in [0.1, 0.15) is 11.5 Å². The predicted octanol–water partition coefficient (Wildman–Crippen LogP) is 0.741. The van der Waals surface area contributed by atoms with Gasteiger partial charge in [0.1, 0.15) is 16.5 Å². The van der Waals surface area contributed by atoms with Gasteiger partial charge in [0.05, 0.1) is 5.69 Å². The maximum atomic E-state index is 10.8. The fourth-order valence-electron chi connectivity index (χ4n) is 0.956. The molecule has 0 saturated heterocycles. The van der Waals surface area contributed by atoms with Crippen molar-refractivity contribution < 1.29 is 17.5 Å². The second-order valence-electron chi connectivity index (χ2n) is 2.56. The largest absolute Gasteiger partial charge is 0.306 e. The van der Waals surface area contributed by atoms with Gasteiger partial charge in [0.15, 0.2) is 27.3 Å². The Hall–Kier alpha value is -0.410. The molecule has 9 heteroatoms. The second kappa shape index (κ2) is 5.08. The lowest BCUT2D eigenvalue weighted by Gasteiger charge is -2.04. The van der Waals surface area contributed by atoms with Gasteiger partial charge < -0.3 is 9.11 Å². The van der Waals surface area contributed by atoms with E-state index in [-0.39, 0.29) is 27.3 Å². The van der Waals surface area contributed by atoms with Crippen molar-refractivity contribution in [2.75, 3.05) is 0 Å². The highest BCUT2D eigenvalue weighted by molar-refractivity contribution is 7.79. The van der Waals surface area contributed by atoms with Crippen LogP contribution >= 0.6 is 11.6 Å². The molecule has 0 aliphatic carbocycles. The van der Waals surface area contributed by atoms with E-state index >= 15 is 0 Å². The van der Waals surface area contributed by atoms with Crippen molar-refractivity contribution in [3.63, 3.8) is 0 Å². The Morgan fingerprint density at radius 2 is 1.93 bits per heavy atom. The molecule has 0 fully saturated rings. The highest BCUT2D eigenvalue weighted by Crippen LogP contribution is 2.19. The number of hydrogen-bond donors (Lipinski definition) is 2. The summed E-state index contributed by atoms with van der Waals surface area (Å²) >= 11 is 1.29. The predicted molar refractivity (Wildman–Crippen MR) is 55.3 cm³/mol. The van der Waals surface area contributed by atoms with Gasteiger partial charge in [-0.05, 0) is 6.92 Å². The van der Waals surface area contributed by atoms with Crippen LogP contribution in [0.25, 0.3) is 0 Å². The summed E-state index contributed by atoms with van der Waals surface area (Å²) in [4.78, 5) is 7.36. The fourth-order valence-corrected chi connectivity index (χ4v) is 2.23. The summed E-state index contributed by atoms with van der Waals surface area (Å²) in [5.74, 6) is -0.202. The molecule has 0 aliphatic heterocycles. The lowest BCUT2D eigenvalue weighted by Crippen LogP contribution is -2.06. The summed E-state index contributed by atoms with van der Waals surface area (Å²) in [6.45, 7) is 1.47. The van der Waals surface area contributed by atoms with Gasteiger partial charge in [0.2, 0.25) is 0 Å². The molecule has 0 spiro atoms. The topological polar surface area (TPSA) is 100 Å². The van der Waals surface area contributed by atoms with Gasteiger partial charge in [-0.25, -0.2) is 18.4 Å². The molecule has 0 aromatic carbocycles. The van der Waals surface area contributed by atoms with E-state index in [1.807, 2.05) is 0 Å². The van der Waals surface area contributed by atoms with Crippen molar-refractivity contribution in [3.8, 4) is 0 Å². The number of nitrogens with zero attached hydrogens (tertiary/aromatic N) is 2. The fraction of sp³-hybridized carbons (Fsp3) is 0.333. The first kappa shape index (κ1) is 12.7. The Morgan fingerprint density at radius 3 is 2.33 bits per heavy atom. The molecule has 84 valence electrons. The first-order chi connectivity index (χ1) is 6.91. The van der Waals surface area contributed by atoms with Crippen molar-refractivity contribution in [1.82, 2.24) is 9.97 Å². The van der Waals surface area contributed by atoms with E-state index in [1.54, 1.807) is 0 Å². The first-order valence-electron chi connectivity index (χ1n) is 3.63. The molecule has 0 amide bonds. The molecule has 6 nitrogen and oxygen atoms in total. The molecule has 1 aromatic heterocycles. The van der Waals surface area contributed by atoms with Crippen molar-refractivity contribution in [2.45, 2.75) is 17.6 Å². The normalized spacial score (nSPS) is 14.9. The molecule has 1 aromatic rings.